The fourth-order valence-corrected chi connectivity index (χ4v) is 5.61. The Balaban J connectivity index is 1.50. The minimum absolute atomic E-state index is 0.00134. The molecule has 212 valence electrons. The van der Waals surface area contributed by atoms with Crippen molar-refractivity contribution in [2.45, 2.75) is 46.0 Å². The van der Waals surface area contributed by atoms with E-state index in [2.05, 4.69) is 11.1 Å². The third-order valence-electron chi connectivity index (χ3n) is 8.35. The average Bonchev–Trinajstić information content (AvgIpc) is 3.43. The van der Waals surface area contributed by atoms with Gasteiger partial charge in [-0.25, -0.2) is 0 Å². The van der Waals surface area contributed by atoms with Gasteiger partial charge in [0.15, 0.2) is 5.78 Å². The molecular weight excluding hydrogens is 524 g/mol. The number of H-pyrrole nitrogens is 1. The lowest BCUT2D eigenvalue weighted by Crippen LogP contribution is -2.32. The van der Waals surface area contributed by atoms with Crippen LogP contribution in [-0.2, 0) is 16.6 Å². The zero-order chi connectivity index (χ0) is 30.2. The normalized spacial score (nSPS) is 13.5. The number of hydrogen-bond acceptors (Lipinski definition) is 4. The molecule has 1 aliphatic rings. The molecule has 2 heterocycles. The summed E-state index contributed by atoms with van der Waals surface area (Å²) in [5, 5.41) is 10.3. The number of hydrogen-bond donors (Lipinski definition) is 2. The van der Waals surface area contributed by atoms with E-state index in [0.29, 0.717) is 36.2 Å². The first kappa shape index (κ1) is 28.6. The number of aromatic amines is 1. The van der Waals surface area contributed by atoms with Gasteiger partial charge in [0, 0.05) is 43.1 Å². The first-order chi connectivity index (χ1) is 20.0. The first-order valence-corrected chi connectivity index (χ1v) is 14.0. The molecule has 42 heavy (non-hydrogen) atoms. The zero-order valence-electron chi connectivity index (χ0n) is 24.4. The van der Waals surface area contributed by atoms with Crippen LogP contribution in [0.4, 0.5) is 0 Å². The predicted molar refractivity (Wildman–Crippen MR) is 165 cm³/mol. The van der Waals surface area contributed by atoms with Gasteiger partial charge >= 0.3 is 0 Å². The number of Topliss-reactive ketones (excluding diaryl/α,β-unsaturated/α-hetero) is 1. The van der Waals surface area contributed by atoms with Gasteiger partial charge in [0.1, 0.15) is 0 Å². The number of nitrogens with two attached hydrogens (primary N) is 1. The van der Waals surface area contributed by atoms with Crippen molar-refractivity contribution in [3.05, 3.63) is 100 Å². The molecule has 0 saturated carbocycles. The van der Waals surface area contributed by atoms with E-state index in [1.165, 1.54) is 0 Å². The van der Waals surface area contributed by atoms with Crippen LogP contribution in [-0.4, -0.2) is 40.6 Å². The second-order valence-corrected chi connectivity index (χ2v) is 11.4. The predicted octanol–water partition coefficient (Wildman–Crippen LogP) is 6.10. The molecule has 0 fully saturated rings. The van der Waals surface area contributed by atoms with Gasteiger partial charge < -0.3 is 15.6 Å². The van der Waals surface area contributed by atoms with E-state index in [-0.39, 0.29) is 18.1 Å². The molecule has 0 bridgehead atoms. The van der Waals surface area contributed by atoms with Crippen LogP contribution >= 0.6 is 0 Å². The second-order valence-electron chi connectivity index (χ2n) is 11.4. The number of benzene rings is 3. The standard InChI is InChI=1S/C35H34N4O3/c1-21-25(18-32(41)24-8-10-26(11-9-24)35(3,4)20-36)6-5-7-27(21)28-12-13-29(34(37)42)33-30(28)19-31(38-33)23-14-16-39(17-15-23)22(2)40/h5-14,19,38H,15-18H2,1-4H3,(H2,37,42). The molecule has 0 atom stereocenters. The van der Waals surface area contributed by atoms with Crippen molar-refractivity contribution >= 4 is 34.1 Å². The highest BCUT2D eigenvalue weighted by Crippen LogP contribution is 2.36. The van der Waals surface area contributed by atoms with E-state index < -0.39 is 11.3 Å². The monoisotopic (exact) mass is 558 g/mol. The Labute approximate surface area is 245 Å². The van der Waals surface area contributed by atoms with Crippen LogP contribution in [0.25, 0.3) is 27.6 Å². The van der Waals surface area contributed by atoms with Crippen molar-refractivity contribution < 1.29 is 14.4 Å². The molecule has 4 aromatic rings. The van der Waals surface area contributed by atoms with E-state index in [1.807, 2.05) is 69.3 Å². The Hall–Kier alpha value is -4.96. The van der Waals surface area contributed by atoms with Gasteiger partial charge in [-0.3, -0.25) is 14.4 Å². The van der Waals surface area contributed by atoms with E-state index in [0.717, 1.165) is 44.5 Å². The molecule has 3 N–H and O–H groups in total. The van der Waals surface area contributed by atoms with Crippen LogP contribution < -0.4 is 5.73 Å². The number of amides is 2. The molecule has 7 heteroatoms. The highest BCUT2D eigenvalue weighted by atomic mass is 16.2. The number of rotatable bonds is 7. The highest BCUT2D eigenvalue weighted by Gasteiger charge is 2.22. The maximum absolute atomic E-state index is 13.3. The van der Waals surface area contributed by atoms with Gasteiger partial charge in [0.25, 0.3) is 5.91 Å². The topological polar surface area (TPSA) is 120 Å². The number of ketones is 1. The van der Waals surface area contributed by atoms with Crippen molar-refractivity contribution in [2.75, 3.05) is 13.1 Å². The van der Waals surface area contributed by atoms with E-state index in [1.54, 1.807) is 30.0 Å². The summed E-state index contributed by atoms with van der Waals surface area (Å²) in [5.74, 6) is -0.465. The first-order valence-electron chi connectivity index (χ1n) is 14.0. The Kier molecular flexibility index (Phi) is 7.57. The van der Waals surface area contributed by atoms with Crippen LogP contribution in [0.5, 0.6) is 0 Å². The Morgan fingerprint density at radius 1 is 1.05 bits per heavy atom. The second kappa shape index (κ2) is 11.1. The lowest BCUT2D eigenvalue weighted by Gasteiger charge is -2.24. The molecule has 1 aliphatic heterocycles. The summed E-state index contributed by atoms with van der Waals surface area (Å²) in [6, 6.07) is 21.2. The highest BCUT2D eigenvalue weighted by molar-refractivity contribution is 6.10. The number of carbonyl (C=O) groups excluding carboxylic acids is 3. The van der Waals surface area contributed by atoms with Gasteiger partial charge in [-0.15, -0.1) is 0 Å². The lowest BCUT2D eigenvalue weighted by molar-refractivity contribution is -0.128. The fourth-order valence-electron chi connectivity index (χ4n) is 5.61. The lowest BCUT2D eigenvalue weighted by atomic mass is 9.85. The Morgan fingerprint density at radius 3 is 2.40 bits per heavy atom. The van der Waals surface area contributed by atoms with Crippen molar-refractivity contribution in [3.8, 4) is 17.2 Å². The zero-order valence-corrected chi connectivity index (χ0v) is 24.4. The number of fused-ring (bicyclic) bond motifs is 1. The summed E-state index contributed by atoms with van der Waals surface area (Å²) in [5.41, 5.74) is 13.5. The molecule has 1 aromatic heterocycles. The number of primary amides is 1. The number of nitrogens with zero attached hydrogens (tertiary/aromatic N) is 2. The van der Waals surface area contributed by atoms with Crippen molar-refractivity contribution in [1.82, 2.24) is 9.88 Å². The quantitative estimate of drug-likeness (QED) is 0.266. The average molecular weight is 559 g/mol. The maximum Gasteiger partial charge on any atom is 0.250 e. The third kappa shape index (κ3) is 5.36. The van der Waals surface area contributed by atoms with E-state index in [9.17, 15) is 19.6 Å². The minimum atomic E-state index is -0.623. The van der Waals surface area contributed by atoms with Gasteiger partial charge in [-0.2, -0.15) is 5.26 Å². The summed E-state index contributed by atoms with van der Waals surface area (Å²) < 4.78 is 0. The summed E-state index contributed by atoms with van der Waals surface area (Å²) in [4.78, 5) is 42.6. The molecule has 0 unspecified atom stereocenters. The van der Waals surface area contributed by atoms with Gasteiger partial charge in [-0.1, -0.05) is 54.6 Å². The number of aromatic nitrogens is 1. The molecule has 0 spiro atoms. The van der Waals surface area contributed by atoms with Crippen LogP contribution in [0.15, 0.2) is 66.7 Å². The minimum Gasteiger partial charge on any atom is -0.366 e. The van der Waals surface area contributed by atoms with Gasteiger partial charge in [-0.05, 0) is 72.7 Å². The Morgan fingerprint density at radius 2 is 1.79 bits per heavy atom. The molecule has 5 rings (SSSR count). The van der Waals surface area contributed by atoms with E-state index in [4.69, 9.17) is 5.73 Å². The summed E-state index contributed by atoms with van der Waals surface area (Å²) >= 11 is 0. The van der Waals surface area contributed by atoms with Crippen LogP contribution in [0.3, 0.4) is 0 Å². The summed E-state index contributed by atoms with van der Waals surface area (Å²) in [7, 11) is 0. The molecule has 3 aromatic carbocycles. The molecule has 0 radical (unpaired) electrons. The van der Waals surface area contributed by atoms with Gasteiger partial charge in [0.2, 0.25) is 5.91 Å². The summed E-state index contributed by atoms with van der Waals surface area (Å²) in [6.45, 7) is 8.48. The molecule has 0 aliphatic carbocycles. The number of nitrogens with one attached hydrogen (secondary N) is 1. The number of carbonyl (C=O) groups is 3. The van der Waals surface area contributed by atoms with E-state index >= 15 is 0 Å². The molecule has 7 nitrogen and oxygen atoms in total. The van der Waals surface area contributed by atoms with Gasteiger partial charge in [0.05, 0.1) is 22.6 Å². The molecular formula is C35H34N4O3. The van der Waals surface area contributed by atoms with Crippen molar-refractivity contribution in [2.24, 2.45) is 5.73 Å². The SMILES string of the molecule is CC(=O)N1CC=C(c2cc3c(-c4cccc(CC(=O)c5ccc(C(C)(C)C#N)cc5)c4C)ccc(C(N)=O)c3[nH]2)CC1. The largest absolute Gasteiger partial charge is 0.366 e. The smallest absolute Gasteiger partial charge is 0.250 e. The molecule has 2 amide bonds. The van der Waals surface area contributed by atoms with Crippen LogP contribution in [0.1, 0.15) is 70.3 Å². The molecule has 0 saturated heterocycles. The van der Waals surface area contributed by atoms with Crippen LogP contribution in [0.2, 0.25) is 0 Å². The fraction of sp³-hybridized carbons (Fsp3) is 0.257. The summed E-state index contributed by atoms with van der Waals surface area (Å²) in [6.07, 6.45) is 2.99. The van der Waals surface area contributed by atoms with Crippen molar-refractivity contribution in [1.29, 1.82) is 5.26 Å². The third-order valence-corrected chi connectivity index (χ3v) is 8.35. The van der Waals surface area contributed by atoms with Crippen LogP contribution in [0, 0.1) is 18.3 Å². The maximum atomic E-state index is 13.3. The van der Waals surface area contributed by atoms with Crippen molar-refractivity contribution in [3.63, 3.8) is 0 Å². The number of nitriles is 1. The Bertz CT molecular complexity index is 1800.